The molecular weight excluding hydrogens is 299 g/mol. The Balaban J connectivity index is 3.26. The van der Waals surface area contributed by atoms with Crippen LogP contribution in [-0.4, -0.2) is 18.4 Å². The molecule has 1 rings (SSSR count). The Kier molecular flexibility index (Phi) is 5.18. The topological polar surface area (TPSA) is 98.2 Å². The van der Waals surface area contributed by atoms with Gasteiger partial charge in [-0.3, -0.25) is 9.59 Å². The molecule has 5 nitrogen and oxygen atoms in total. The summed E-state index contributed by atoms with van der Waals surface area (Å²) in [7, 11) is 0. The van der Waals surface area contributed by atoms with Crippen molar-refractivity contribution < 1.29 is 22.8 Å². The van der Waals surface area contributed by atoms with E-state index in [-0.39, 0.29) is 12.1 Å². The van der Waals surface area contributed by atoms with Gasteiger partial charge in [0.2, 0.25) is 11.8 Å². The molecule has 0 aromatic heterocycles. The van der Waals surface area contributed by atoms with E-state index in [0.717, 1.165) is 18.2 Å². The van der Waals surface area contributed by atoms with E-state index in [4.69, 9.17) is 11.5 Å². The largest absolute Gasteiger partial charge is 0.416 e. The van der Waals surface area contributed by atoms with Crippen molar-refractivity contribution in [1.82, 2.24) is 5.32 Å². The van der Waals surface area contributed by atoms with Crippen LogP contribution < -0.4 is 16.8 Å². The van der Waals surface area contributed by atoms with Crippen LogP contribution in [0.3, 0.4) is 0 Å². The molecule has 1 aromatic carbocycles. The highest BCUT2D eigenvalue weighted by atomic mass is 19.4. The van der Waals surface area contributed by atoms with Gasteiger partial charge in [0.1, 0.15) is 5.54 Å². The first-order valence-electron chi connectivity index (χ1n) is 6.52. The van der Waals surface area contributed by atoms with Crippen molar-refractivity contribution >= 4 is 11.8 Å². The van der Waals surface area contributed by atoms with Gasteiger partial charge in [0.25, 0.3) is 0 Å². The predicted octanol–water partition coefficient (Wildman–Crippen LogP) is 1.12. The summed E-state index contributed by atoms with van der Waals surface area (Å²) in [5.74, 6) is -2.14. The average molecular weight is 317 g/mol. The monoisotopic (exact) mass is 317 g/mol. The third-order valence-electron chi connectivity index (χ3n) is 3.43. The molecule has 0 saturated heterocycles. The van der Waals surface area contributed by atoms with Crippen LogP contribution in [0.15, 0.2) is 24.3 Å². The van der Waals surface area contributed by atoms with Gasteiger partial charge in [-0.15, -0.1) is 0 Å². The summed E-state index contributed by atoms with van der Waals surface area (Å²) < 4.78 is 38.3. The van der Waals surface area contributed by atoms with E-state index in [9.17, 15) is 22.8 Å². The number of rotatable bonds is 5. The number of hydrogen-bond donors (Lipinski definition) is 3. The highest BCUT2D eigenvalue weighted by Crippen LogP contribution is 2.32. The van der Waals surface area contributed by atoms with Crippen LogP contribution in [0.1, 0.15) is 25.0 Å². The second-order valence-corrected chi connectivity index (χ2v) is 5.19. The number of nitrogens with two attached hydrogens (primary N) is 2. The van der Waals surface area contributed by atoms with E-state index in [1.54, 1.807) is 0 Å². The molecule has 0 aliphatic carbocycles. The van der Waals surface area contributed by atoms with Gasteiger partial charge < -0.3 is 16.8 Å². The first kappa shape index (κ1) is 18.0. The molecule has 0 bridgehead atoms. The maximum Gasteiger partial charge on any atom is 0.416 e. The van der Waals surface area contributed by atoms with Crippen LogP contribution in [-0.2, 0) is 21.3 Å². The fraction of sp³-hybridized carbons (Fsp3) is 0.429. The van der Waals surface area contributed by atoms with Crippen LogP contribution in [0.4, 0.5) is 13.2 Å². The highest BCUT2D eigenvalue weighted by Gasteiger charge is 2.38. The fourth-order valence-electron chi connectivity index (χ4n) is 1.76. The van der Waals surface area contributed by atoms with E-state index in [2.05, 4.69) is 5.32 Å². The molecule has 0 heterocycles. The number of alkyl halides is 3. The zero-order chi connectivity index (χ0) is 17.1. The molecule has 0 aliphatic heterocycles. The lowest BCUT2D eigenvalue weighted by atomic mass is 9.89. The van der Waals surface area contributed by atoms with E-state index in [1.165, 1.54) is 19.9 Å². The van der Waals surface area contributed by atoms with Crippen LogP contribution >= 0.6 is 0 Å². The molecule has 22 heavy (non-hydrogen) atoms. The average Bonchev–Trinajstić information content (AvgIpc) is 2.45. The fourth-order valence-corrected chi connectivity index (χ4v) is 1.76. The normalized spacial score (nSPS) is 15.7. The van der Waals surface area contributed by atoms with Gasteiger partial charge in [-0.05, 0) is 24.6 Å². The van der Waals surface area contributed by atoms with E-state index < -0.39 is 35.0 Å². The van der Waals surface area contributed by atoms with Crippen molar-refractivity contribution in [2.24, 2.45) is 17.4 Å². The Bertz CT molecular complexity index is 575. The summed E-state index contributed by atoms with van der Waals surface area (Å²) in [5.41, 5.74) is 7.91. The molecule has 122 valence electrons. The number of primary amides is 1. The van der Waals surface area contributed by atoms with Crippen LogP contribution in [0.25, 0.3) is 0 Å². The standard InChI is InChI=1S/C14H18F3N3O2/c1-8(7-18)11(21)20-13(2,12(19)22)9-4-3-5-10(6-9)14(15,16)17/h3-6,8H,7,18H2,1-2H3,(H2,19,22)(H,20,21). The van der Waals surface area contributed by atoms with Crippen molar-refractivity contribution in [3.8, 4) is 0 Å². The molecule has 8 heteroatoms. The molecule has 1 aromatic rings. The third-order valence-corrected chi connectivity index (χ3v) is 3.43. The van der Waals surface area contributed by atoms with Crippen molar-refractivity contribution in [1.29, 1.82) is 0 Å². The summed E-state index contributed by atoms with van der Waals surface area (Å²) >= 11 is 0. The van der Waals surface area contributed by atoms with E-state index in [1.807, 2.05) is 0 Å². The number of nitrogens with one attached hydrogen (secondary N) is 1. The predicted molar refractivity (Wildman–Crippen MR) is 74.4 cm³/mol. The second-order valence-electron chi connectivity index (χ2n) is 5.19. The van der Waals surface area contributed by atoms with Crippen molar-refractivity contribution in [3.63, 3.8) is 0 Å². The van der Waals surface area contributed by atoms with Gasteiger partial charge in [0, 0.05) is 12.5 Å². The Hall–Kier alpha value is -2.09. The number of benzene rings is 1. The minimum absolute atomic E-state index is 0.0310. The maximum atomic E-state index is 12.8. The SMILES string of the molecule is CC(CN)C(=O)NC(C)(C(N)=O)c1cccc(C(F)(F)F)c1. The summed E-state index contributed by atoms with van der Waals surface area (Å²) in [4.78, 5) is 23.7. The molecule has 0 spiro atoms. The van der Waals surface area contributed by atoms with Crippen molar-refractivity contribution in [2.75, 3.05) is 6.54 Å². The number of carbonyl (C=O) groups excluding carboxylic acids is 2. The Morgan fingerprint density at radius 1 is 1.27 bits per heavy atom. The minimum atomic E-state index is -4.57. The first-order valence-corrected chi connectivity index (χ1v) is 6.52. The number of halogens is 3. The molecule has 2 amide bonds. The lowest BCUT2D eigenvalue weighted by Gasteiger charge is -2.29. The Morgan fingerprint density at radius 3 is 2.27 bits per heavy atom. The lowest BCUT2D eigenvalue weighted by molar-refractivity contribution is -0.138. The molecule has 0 radical (unpaired) electrons. The van der Waals surface area contributed by atoms with E-state index >= 15 is 0 Å². The summed E-state index contributed by atoms with van der Waals surface area (Å²) in [5, 5.41) is 2.38. The smallest absolute Gasteiger partial charge is 0.367 e. The van der Waals surface area contributed by atoms with E-state index in [0.29, 0.717) is 0 Å². The summed E-state index contributed by atoms with van der Waals surface area (Å²) in [6, 6.07) is 4.11. The molecule has 2 unspecified atom stereocenters. The first-order chi connectivity index (χ1) is 10.0. The van der Waals surface area contributed by atoms with Crippen LogP contribution in [0, 0.1) is 5.92 Å². The zero-order valence-corrected chi connectivity index (χ0v) is 12.2. The Morgan fingerprint density at radius 2 is 1.82 bits per heavy atom. The second kappa shape index (κ2) is 6.35. The van der Waals surface area contributed by atoms with Gasteiger partial charge >= 0.3 is 6.18 Å². The van der Waals surface area contributed by atoms with Crippen LogP contribution in [0.5, 0.6) is 0 Å². The van der Waals surface area contributed by atoms with Gasteiger partial charge in [-0.25, -0.2) is 0 Å². The minimum Gasteiger partial charge on any atom is -0.367 e. The Labute approximate surface area is 125 Å². The molecule has 0 aliphatic rings. The molecular formula is C14H18F3N3O2. The molecule has 0 saturated carbocycles. The van der Waals surface area contributed by atoms with Crippen molar-refractivity contribution in [2.45, 2.75) is 25.6 Å². The van der Waals surface area contributed by atoms with Gasteiger partial charge in [-0.2, -0.15) is 13.2 Å². The maximum absolute atomic E-state index is 12.8. The summed E-state index contributed by atoms with van der Waals surface area (Å²) in [6.07, 6.45) is -4.57. The third kappa shape index (κ3) is 3.76. The number of carbonyl (C=O) groups is 2. The van der Waals surface area contributed by atoms with Gasteiger partial charge in [0.05, 0.1) is 5.56 Å². The molecule has 0 fully saturated rings. The van der Waals surface area contributed by atoms with Crippen molar-refractivity contribution in [3.05, 3.63) is 35.4 Å². The number of amides is 2. The molecule has 2 atom stereocenters. The number of hydrogen-bond acceptors (Lipinski definition) is 3. The zero-order valence-electron chi connectivity index (χ0n) is 12.2. The molecule has 5 N–H and O–H groups in total. The highest BCUT2D eigenvalue weighted by molar-refractivity contribution is 5.91. The van der Waals surface area contributed by atoms with Gasteiger partial charge in [0.15, 0.2) is 0 Å². The lowest BCUT2D eigenvalue weighted by Crippen LogP contribution is -2.54. The van der Waals surface area contributed by atoms with Gasteiger partial charge in [-0.1, -0.05) is 19.1 Å². The summed E-state index contributed by atoms with van der Waals surface area (Å²) in [6.45, 7) is 2.82. The quantitative estimate of drug-likeness (QED) is 0.759. The van der Waals surface area contributed by atoms with Crippen LogP contribution in [0.2, 0.25) is 0 Å².